The van der Waals surface area contributed by atoms with E-state index in [1.807, 2.05) is 4.72 Å². The number of anilines is 1. The largest absolute Gasteiger partial charge is 0.345 e. The predicted octanol–water partition coefficient (Wildman–Crippen LogP) is 1.31. The molecule has 1 aromatic carbocycles. The first-order valence-corrected chi connectivity index (χ1v) is 9.05. The molecule has 2 aromatic rings. The van der Waals surface area contributed by atoms with Crippen molar-refractivity contribution in [2.24, 2.45) is 0 Å². The highest BCUT2D eigenvalue weighted by atomic mass is 32.2. The number of rotatable bonds is 4. The van der Waals surface area contributed by atoms with Gasteiger partial charge in [0.1, 0.15) is 4.90 Å². The van der Waals surface area contributed by atoms with E-state index in [2.05, 4.69) is 15.3 Å². The van der Waals surface area contributed by atoms with E-state index < -0.39 is 22.0 Å². The third kappa shape index (κ3) is 4.54. The van der Waals surface area contributed by atoms with Crippen molar-refractivity contribution >= 4 is 27.9 Å². The number of nitrogens with zero attached hydrogens (tertiary/aromatic N) is 3. The molecule has 0 aliphatic rings. The number of hydrogen-bond acceptors (Lipinski definition) is 6. The number of hydrogen-bond donors (Lipinski definition) is 2. The van der Waals surface area contributed by atoms with Crippen molar-refractivity contribution in [2.45, 2.75) is 18.7 Å². The highest BCUT2D eigenvalue weighted by molar-refractivity contribution is 7.90. The van der Waals surface area contributed by atoms with Gasteiger partial charge in [0.25, 0.3) is 15.9 Å². The Hall–Kier alpha value is -3.01. The Balaban J connectivity index is 2.26. The minimum Gasteiger partial charge on any atom is -0.345 e. The zero-order valence-electron chi connectivity index (χ0n) is 14.8. The molecule has 2 rings (SSSR count). The van der Waals surface area contributed by atoms with E-state index in [4.69, 9.17) is 0 Å². The van der Waals surface area contributed by atoms with Crippen LogP contribution in [0.25, 0.3) is 0 Å². The second kappa shape index (κ2) is 7.48. The fourth-order valence-electron chi connectivity index (χ4n) is 2.20. The summed E-state index contributed by atoms with van der Waals surface area (Å²) < 4.78 is 26.9. The molecule has 0 fully saturated rings. The Labute approximate surface area is 151 Å². The third-order valence-electron chi connectivity index (χ3n) is 3.25. The molecular formula is C16H19N5O4S. The van der Waals surface area contributed by atoms with E-state index >= 15 is 0 Å². The molecule has 1 heterocycles. The van der Waals surface area contributed by atoms with Crippen molar-refractivity contribution in [3.63, 3.8) is 0 Å². The van der Waals surface area contributed by atoms with Crippen LogP contribution in [0.4, 0.5) is 10.7 Å². The molecule has 138 valence electrons. The van der Waals surface area contributed by atoms with Gasteiger partial charge in [-0.05, 0) is 32.0 Å². The average molecular weight is 377 g/mol. The maximum Gasteiger partial charge on any atom is 0.335 e. The van der Waals surface area contributed by atoms with E-state index in [0.29, 0.717) is 11.4 Å². The number of carbonyl (C=O) groups excluding carboxylic acids is 2. The molecule has 0 atom stereocenters. The van der Waals surface area contributed by atoms with Crippen LogP contribution in [0, 0.1) is 13.8 Å². The molecule has 0 saturated heterocycles. The van der Waals surface area contributed by atoms with Gasteiger partial charge in [-0.1, -0.05) is 12.1 Å². The molecule has 0 saturated carbocycles. The zero-order chi connectivity index (χ0) is 19.5. The van der Waals surface area contributed by atoms with E-state index in [1.165, 1.54) is 37.2 Å². The topological polar surface area (TPSA) is 121 Å². The summed E-state index contributed by atoms with van der Waals surface area (Å²) in [4.78, 5) is 33.2. The Morgan fingerprint density at radius 2 is 1.62 bits per heavy atom. The van der Waals surface area contributed by atoms with E-state index in [9.17, 15) is 18.0 Å². The molecule has 9 nitrogen and oxygen atoms in total. The first kappa shape index (κ1) is 19.3. The standard InChI is InChI=1S/C16H19N5O4S/c1-10-9-11(2)18-15(17-10)19-16(23)20-26(24,25)13-8-6-5-7-12(13)14(22)21(3)4/h5-9H,1-4H3,(H2,17,18,19,20,23). The summed E-state index contributed by atoms with van der Waals surface area (Å²) in [6, 6.07) is 6.32. The van der Waals surface area contributed by atoms with E-state index in [1.54, 1.807) is 26.0 Å². The third-order valence-corrected chi connectivity index (χ3v) is 4.64. The van der Waals surface area contributed by atoms with Crippen LogP contribution in [0.15, 0.2) is 35.2 Å². The molecule has 0 spiro atoms. The molecule has 0 aliphatic carbocycles. The first-order chi connectivity index (χ1) is 12.1. The van der Waals surface area contributed by atoms with Gasteiger partial charge in [0.2, 0.25) is 5.95 Å². The van der Waals surface area contributed by atoms with Crippen molar-refractivity contribution in [1.29, 1.82) is 0 Å². The molecule has 26 heavy (non-hydrogen) atoms. The second-order valence-electron chi connectivity index (χ2n) is 5.73. The molecule has 0 aliphatic heterocycles. The van der Waals surface area contributed by atoms with Gasteiger partial charge in [-0.15, -0.1) is 0 Å². The normalized spacial score (nSPS) is 10.9. The lowest BCUT2D eigenvalue weighted by Gasteiger charge is -2.14. The number of sulfonamides is 1. The first-order valence-electron chi connectivity index (χ1n) is 7.57. The Kier molecular flexibility index (Phi) is 5.56. The number of carbonyl (C=O) groups is 2. The molecule has 2 N–H and O–H groups in total. The van der Waals surface area contributed by atoms with Crippen molar-refractivity contribution < 1.29 is 18.0 Å². The van der Waals surface area contributed by atoms with Crippen molar-refractivity contribution in [3.8, 4) is 0 Å². The number of benzene rings is 1. The van der Waals surface area contributed by atoms with Gasteiger partial charge in [0, 0.05) is 25.5 Å². The summed E-state index contributed by atoms with van der Waals surface area (Å²) in [5, 5.41) is 2.27. The fourth-order valence-corrected chi connectivity index (χ4v) is 3.31. The minimum absolute atomic E-state index is 0.0205. The summed E-state index contributed by atoms with van der Waals surface area (Å²) >= 11 is 0. The summed E-state index contributed by atoms with van der Waals surface area (Å²) in [5.41, 5.74) is 1.20. The van der Waals surface area contributed by atoms with Crippen LogP contribution < -0.4 is 10.0 Å². The van der Waals surface area contributed by atoms with Gasteiger partial charge in [-0.25, -0.2) is 27.9 Å². The maximum atomic E-state index is 12.5. The zero-order valence-corrected chi connectivity index (χ0v) is 15.6. The van der Waals surface area contributed by atoms with Gasteiger partial charge in [-0.2, -0.15) is 0 Å². The van der Waals surface area contributed by atoms with Crippen LogP contribution in [0.3, 0.4) is 0 Å². The number of aryl methyl sites for hydroxylation is 2. The Morgan fingerprint density at radius 1 is 1.04 bits per heavy atom. The highest BCUT2D eigenvalue weighted by Gasteiger charge is 2.25. The van der Waals surface area contributed by atoms with Gasteiger partial charge in [0.15, 0.2) is 0 Å². The molecule has 0 bridgehead atoms. The lowest BCUT2D eigenvalue weighted by Crippen LogP contribution is -2.36. The van der Waals surface area contributed by atoms with Crippen molar-refractivity contribution in [2.75, 3.05) is 19.4 Å². The molecule has 1 aromatic heterocycles. The lowest BCUT2D eigenvalue weighted by molar-refractivity contribution is 0.0824. The van der Waals surface area contributed by atoms with Crippen LogP contribution in [-0.4, -0.2) is 49.3 Å². The predicted molar refractivity (Wildman–Crippen MR) is 95.3 cm³/mol. The number of urea groups is 1. The Morgan fingerprint density at radius 3 is 2.19 bits per heavy atom. The van der Waals surface area contributed by atoms with Gasteiger partial charge in [0.05, 0.1) is 5.56 Å². The van der Waals surface area contributed by atoms with E-state index in [-0.39, 0.29) is 16.4 Å². The van der Waals surface area contributed by atoms with Crippen molar-refractivity contribution in [3.05, 3.63) is 47.3 Å². The summed E-state index contributed by atoms with van der Waals surface area (Å²) in [6.07, 6.45) is 0. The summed E-state index contributed by atoms with van der Waals surface area (Å²) in [7, 11) is -1.27. The lowest BCUT2D eigenvalue weighted by atomic mass is 10.2. The van der Waals surface area contributed by atoms with Gasteiger partial charge >= 0.3 is 6.03 Å². The van der Waals surface area contributed by atoms with Gasteiger partial charge in [-0.3, -0.25) is 10.1 Å². The molecule has 10 heteroatoms. The molecule has 0 radical (unpaired) electrons. The maximum absolute atomic E-state index is 12.5. The smallest absolute Gasteiger partial charge is 0.335 e. The van der Waals surface area contributed by atoms with Crippen LogP contribution in [0.5, 0.6) is 0 Å². The van der Waals surface area contributed by atoms with Crippen molar-refractivity contribution in [1.82, 2.24) is 19.6 Å². The monoisotopic (exact) mass is 377 g/mol. The van der Waals surface area contributed by atoms with Crippen LogP contribution in [0.2, 0.25) is 0 Å². The minimum atomic E-state index is -4.27. The average Bonchev–Trinajstić information content (AvgIpc) is 2.52. The van der Waals surface area contributed by atoms with Crippen LogP contribution in [0.1, 0.15) is 21.7 Å². The number of aromatic nitrogens is 2. The quantitative estimate of drug-likeness (QED) is 0.828. The molecule has 0 unspecified atom stereocenters. The SMILES string of the molecule is Cc1cc(C)nc(NC(=O)NS(=O)(=O)c2ccccc2C(=O)N(C)C)n1. The highest BCUT2D eigenvalue weighted by Crippen LogP contribution is 2.17. The van der Waals surface area contributed by atoms with E-state index in [0.717, 1.165) is 0 Å². The Bertz CT molecular complexity index is 937. The second-order valence-corrected chi connectivity index (χ2v) is 7.38. The van der Waals surface area contributed by atoms with Gasteiger partial charge < -0.3 is 4.90 Å². The van der Waals surface area contributed by atoms with Crippen LogP contribution >= 0.6 is 0 Å². The number of nitrogens with one attached hydrogen (secondary N) is 2. The molecular weight excluding hydrogens is 358 g/mol. The number of amides is 3. The summed E-state index contributed by atoms with van der Waals surface area (Å²) in [5.74, 6) is -0.517. The summed E-state index contributed by atoms with van der Waals surface area (Å²) in [6.45, 7) is 3.44. The fraction of sp³-hybridized carbons (Fsp3) is 0.250. The molecule has 3 amide bonds. The van der Waals surface area contributed by atoms with Crippen LogP contribution in [-0.2, 0) is 10.0 Å².